The lowest BCUT2D eigenvalue weighted by atomic mass is 10.4. The SMILES string of the molecule is NNc1ccoc1C(=O)O. The summed E-state index contributed by atoms with van der Waals surface area (Å²) >= 11 is 0. The van der Waals surface area contributed by atoms with Gasteiger partial charge in [-0.3, -0.25) is 5.84 Å². The molecule has 1 aromatic heterocycles. The van der Waals surface area contributed by atoms with Crippen molar-refractivity contribution in [2.24, 2.45) is 5.84 Å². The Kier molecular flexibility index (Phi) is 1.59. The second-order valence-electron chi connectivity index (χ2n) is 1.61. The summed E-state index contributed by atoms with van der Waals surface area (Å²) in [4.78, 5) is 10.3. The molecule has 0 atom stereocenters. The lowest BCUT2D eigenvalue weighted by Crippen LogP contribution is -2.09. The zero-order chi connectivity index (χ0) is 7.56. The van der Waals surface area contributed by atoms with Crippen molar-refractivity contribution < 1.29 is 14.3 Å². The number of nitrogens with two attached hydrogens (primary N) is 1. The summed E-state index contributed by atoms with van der Waals surface area (Å²) in [7, 11) is 0. The number of anilines is 1. The minimum Gasteiger partial charge on any atom is -0.475 e. The first kappa shape index (κ1) is 6.63. The Balaban J connectivity index is 3.01. The smallest absolute Gasteiger partial charge is 0.374 e. The molecule has 0 radical (unpaired) electrons. The molecule has 1 heterocycles. The molecule has 0 unspecified atom stereocenters. The van der Waals surface area contributed by atoms with Crippen molar-refractivity contribution in [3.05, 3.63) is 18.1 Å². The van der Waals surface area contributed by atoms with Crippen molar-refractivity contribution in [3.8, 4) is 0 Å². The highest BCUT2D eigenvalue weighted by molar-refractivity contribution is 5.90. The van der Waals surface area contributed by atoms with Crippen molar-refractivity contribution in [1.82, 2.24) is 0 Å². The van der Waals surface area contributed by atoms with Gasteiger partial charge in [-0.2, -0.15) is 0 Å². The molecule has 0 aliphatic rings. The van der Waals surface area contributed by atoms with E-state index in [1.165, 1.54) is 12.3 Å². The van der Waals surface area contributed by atoms with E-state index in [1.807, 2.05) is 0 Å². The van der Waals surface area contributed by atoms with Crippen LogP contribution in [-0.2, 0) is 0 Å². The van der Waals surface area contributed by atoms with Gasteiger partial charge in [0.2, 0.25) is 5.76 Å². The summed E-state index contributed by atoms with van der Waals surface area (Å²) in [5.41, 5.74) is 2.45. The summed E-state index contributed by atoms with van der Waals surface area (Å²) in [6.07, 6.45) is 1.25. The Hall–Kier alpha value is -1.49. The average Bonchev–Trinajstić information content (AvgIpc) is 2.33. The van der Waals surface area contributed by atoms with Gasteiger partial charge in [0.1, 0.15) is 5.69 Å². The minimum atomic E-state index is -1.14. The molecule has 1 aromatic rings. The third kappa shape index (κ3) is 0.939. The van der Waals surface area contributed by atoms with Crippen LogP contribution in [0.15, 0.2) is 16.7 Å². The highest BCUT2D eigenvalue weighted by atomic mass is 16.4. The molecule has 0 aromatic carbocycles. The number of carbonyl (C=O) groups is 1. The first-order valence-corrected chi connectivity index (χ1v) is 2.53. The fraction of sp³-hybridized carbons (Fsp3) is 0. The Morgan fingerprint density at radius 3 is 2.90 bits per heavy atom. The van der Waals surface area contributed by atoms with Gasteiger partial charge in [-0.1, -0.05) is 0 Å². The first-order chi connectivity index (χ1) is 4.75. The van der Waals surface area contributed by atoms with Crippen LogP contribution in [0.3, 0.4) is 0 Å². The summed E-state index contributed by atoms with van der Waals surface area (Å²) < 4.78 is 4.57. The fourth-order valence-corrected chi connectivity index (χ4v) is 0.589. The zero-order valence-electron chi connectivity index (χ0n) is 5.00. The number of hydrogen-bond acceptors (Lipinski definition) is 4. The van der Waals surface area contributed by atoms with E-state index in [9.17, 15) is 4.79 Å². The lowest BCUT2D eigenvalue weighted by Gasteiger charge is -1.93. The number of nitrogen functional groups attached to an aromatic ring is 1. The van der Waals surface area contributed by atoms with Crippen LogP contribution in [0, 0.1) is 0 Å². The molecule has 10 heavy (non-hydrogen) atoms. The first-order valence-electron chi connectivity index (χ1n) is 2.53. The van der Waals surface area contributed by atoms with Crippen molar-refractivity contribution >= 4 is 11.7 Å². The topological polar surface area (TPSA) is 88.5 Å². The molecule has 5 heteroatoms. The largest absolute Gasteiger partial charge is 0.475 e. The monoisotopic (exact) mass is 142 g/mol. The Bertz CT molecular complexity index is 243. The summed E-state index contributed by atoms with van der Waals surface area (Å²) in [5, 5.41) is 8.40. The predicted molar refractivity (Wildman–Crippen MR) is 33.5 cm³/mol. The van der Waals surface area contributed by atoms with Gasteiger partial charge in [-0.15, -0.1) is 0 Å². The number of nitrogens with one attached hydrogen (secondary N) is 1. The highest BCUT2D eigenvalue weighted by Crippen LogP contribution is 2.14. The number of hydrazine groups is 1. The molecule has 4 N–H and O–H groups in total. The Morgan fingerprint density at radius 2 is 2.50 bits per heavy atom. The fourth-order valence-electron chi connectivity index (χ4n) is 0.589. The van der Waals surface area contributed by atoms with Crippen LogP contribution in [0.25, 0.3) is 0 Å². The maximum atomic E-state index is 10.3. The van der Waals surface area contributed by atoms with E-state index in [1.54, 1.807) is 0 Å². The lowest BCUT2D eigenvalue weighted by molar-refractivity contribution is 0.0664. The Labute approximate surface area is 56.4 Å². The maximum Gasteiger partial charge on any atom is 0.374 e. The number of hydrogen-bond donors (Lipinski definition) is 3. The van der Waals surface area contributed by atoms with E-state index in [-0.39, 0.29) is 11.4 Å². The number of carboxylic acids is 1. The predicted octanol–water partition coefficient (Wildman–Crippen LogP) is 0.263. The minimum absolute atomic E-state index is 0.178. The van der Waals surface area contributed by atoms with E-state index in [0.717, 1.165) is 0 Å². The second kappa shape index (κ2) is 2.40. The van der Waals surface area contributed by atoms with Gasteiger partial charge >= 0.3 is 5.97 Å². The van der Waals surface area contributed by atoms with Gasteiger partial charge in [0, 0.05) is 6.07 Å². The highest BCUT2D eigenvalue weighted by Gasteiger charge is 2.11. The number of furan rings is 1. The normalized spacial score (nSPS) is 9.30. The van der Waals surface area contributed by atoms with Crippen LogP contribution in [0.4, 0.5) is 5.69 Å². The van der Waals surface area contributed by atoms with Gasteiger partial charge < -0.3 is 14.9 Å². The maximum absolute atomic E-state index is 10.3. The average molecular weight is 142 g/mol. The van der Waals surface area contributed by atoms with Crippen molar-refractivity contribution in [2.75, 3.05) is 5.43 Å². The summed E-state index contributed by atoms with van der Waals surface area (Å²) in [6, 6.07) is 1.43. The molecule has 54 valence electrons. The third-order valence-electron chi connectivity index (χ3n) is 1.01. The van der Waals surface area contributed by atoms with Crippen LogP contribution in [0.5, 0.6) is 0 Å². The van der Waals surface area contributed by atoms with E-state index < -0.39 is 5.97 Å². The van der Waals surface area contributed by atoms with Crippen LogP contribution < -0.4 is 11.3 Å². The standard InChI is InChI=1S/C5H6N2O3/c6-7-3-1-2-10-4(3)5(8)9/h1-2,7H,6H2,(H,8,9). The molecule has 0 fully saturated rings. The molecule has 0 aliphatic carbocycles. The summed E-state index contributed by atoms with van der Waals surface area (Å²) in [6.45, 7) is 0. The third-order valence-corrected chi connectivity index (χ3v) is 1.01. The van der Waals surface area contributed by atoms with E-state index in [2.05, 4.69) is 9.84 Å². The molecule has 0 saturated heterocycles. The van der Waals surface area contributed by atoms with Crippen molar-refractivity contribution in [1.29, 1.82) is 0 Å². The van der Waals surface area contributed by atoms with Crippen molar-refractivity contribution in [2.45, 2.75) is 0 Å². The number of rotatable bonds is 2. The molecule has 5 nitrogen and oxygen atoms in total. The van der Waals surface area contributed by atoms with E-state index >= 15 is 0 Å². The molecule has 0 amide bonds. The van der Waals surface area contributed by atoms with Crippen LogP contribution in [0.1, 0.15) is 10.6 Å². The molecule has 0 spiro atoms. The molecular weight excluding hydrogens is 136 g/mol. The quantitative estimate of drug-likeness (QED) is 0.407. The molecule has 1 rings (SSSR count). The van der Waals surface area contributed by atoms with E-state index in [4.69, 9.17) is 10.9 Å². The summed E-state index contributed by atoms with van der Waals surface area (Å²) in [5.74, 6) is 3.64. The van der Waals surface area contributed by atoms with Gasteiger partial charge in [0.05, 0.1) is 6.26 Å². The zero-order valence-corrected chi connectivity index (χ0v) is 5.00. The Morgan fingerprint density at radius 1 is 1.80 bits per heavy atom. The molecule has 0 aliphatic heterocycles. The van der Waals surface area contributed by atoms with Gasteiger partial charge in [0.15, 0.2) is 0 Å². The van der Waals surface area contributed by atoms with Gasteiger partial charge in [-0.25, -0.2) is 4.79 Å². The van der Waals surface area contributed by atoms with Crippen molar-refractivity contribution in [3.63, 3.8) is 0 Å². The number of aromatic carboxylic acids is 1. The molecule has 0 bridgehead atoms. The van der Waals surface area contributed by atoms with Crippen LogP contribution >= 0.6 is 0 Å². The van der Waals surface area contributed by atoms with Crippen LogP contribution in [0.2, 0.25) is 0 Å². The second-order valence-corrected chi connectivity index (χ2v) is 1.61. The molecule has 0 saturated carbocycles. The van der Waals surface area contributed by atoms with E-state index in [0.29, 0.717) is 0 Å². The number of carboxylic acid groups (broad SMARTS) is 1. The van der Waals surface area contributed by atoms with Gasteiger partial charge in [-0.05, 0) is 0 Å². The van der Waals surface area contributed by atoms with Gasteiger partial charge in [0.25, 0.3) is 0 Å². The molecular formula is C5H6N2O3. The van der Waals surface area contributed by atoms with Crippen LogP contribution in [-0.4, -0.2) is 11.1 Å².